The van der Waals surface area contributed by atoms with Gasteiger partial charge in [0.1, 0.15) is 11.6 Å². The summed E-state index contributed by atoms with van der Waals surface area (Å²) in [7, 11) is 0. The highest BCUT2D eigenvalue weighted by Crippen LogP contribution is 2.35. The van der Waals surface area contributed by atoms with E-state index >= 15 is 0 Å². The summed E-state index contributed by atoms with van der Waals surface area (Å²) in [5.41, 5.74) is 5.38. The number of likely N-dealkylation sites (tertiary alicyclic amines) is 1. The van der Waals surface area contributed by atoms with Gasteiger partial charge in [-0.1, -0.05) is 74.7 Å². The Labute approximate surface area is 247 Å². The number of nitrogens with one attached hydrogen (secondary N) is 2. The van der Waals surface area contributed by atoms with Crippen LogP contribution < -0.4 is 5.32 Å². The smallest absolute Gasteiger partial charge is 0.144 e. The van der Waals surface area contributed by atoms with Gasteiger partial charge in [-0.2, -0.15) is 5.26 Å². The van der Waals surface area contributed by atoms with Gasteiger partial charge in [0.05, 0.1) is 34.2 Å². The summed E-state index contributed by atoms with van der Waals surface area (Å²) < 4.78 is 14.0. The summed E-state index contributed by atoms with van der Waals surface area (Å²) in [6.07, 6.45) is 7.73. The number of benzene rings is 3. The van der Waals surface area contributed by atoms with Gasteiger partial charge in [-0.15, -0.1) is 0 Å². The topological polar surface area (TPSA) is 67.7 Å². The summed E-state index contributed by atoms with van der Waals surface area (Å²) in [4.78, 5) is 10.6. The molecule has 0 amide bonds. The van der Waals surface area contributed by atoms with Crippen LogP contribution in [0.3, 0.4) is 0 Å². The largest absolute Gasteiger partial charge is 0.341 e. The van der Waals surface area contributed by atoms with E-state index < -0.39 is 5.82 Å². The molecule has 6 rings (SSSR count). The van der Waals surface area contributed by atoms with Gasteiger partial charge in [0.15, 0.2) is 0 Å². The lowest BCUT2D eigenvalue weighted by Gasteiger charge is -2.39. The number of hydrogen-bond acceptors (Lipinski definition) is 4. The highest BCUT2D eigenvalue weighted by molar-refractivity contribution is 6.31. The molecule has 4 aromatic rings. The van der Waals surface area contributed by atoms with Crippen LogP contribution in [-0.2, 0) is 6.54 Å². The van der Waals surface area contributed by atoms with Crippen LogP contribution in [0.5, 0.6) is 0 Å². The number of H-pyrrole nitrogens is 1. The maximum Gasteiger partial charge on any atom is 0.144 e. The Balaban J connectivity index is 0.00000165. The number of aromatic amines is 1. The van der Waals surface area contributed by atoms with Crippen LogP contribution in [-0.4, -0.2) is 34.0 Å². The average Bonchev–Trinajstić information content (AvgIpc) is 3.70. The van der Waals surface area contributed by atoms with Crippen molar-refractivity contribution in [2.24, 2.45) is 5.92 Å². The number of nitrogens with zero attached hydrogens (tertiary/aromatic N) is 3. The Bertz CT molecular complexity index is 1440. The Kier molecular flexibility index (Phi) is 9.72. The molecule has 214 valence electrons. The number of nitriles is 1. The number of piperidine rings is 1. The van der Waals surface area contributed by atoms with Crippen molar-refractivity contribution in [3.05, 3.63) is 88.5 Å². The molecule has 5 nitrogen and oxygen atoms in total. The van der Waals surface area contributed by atoms with Crippen LogP contribution in [0.25, 0.3) is 22.2 Å². The standard InChI is InChI=1S/C32H33ClFN5.C2H6/c33-27-17-29-30(18-28(27)34)38-31(37-29)20-36-32(24-12-14-39(15-13-24)26-6-1-2-7-26)23-10-8-22(9-11-23)25-5-3-4-21(16-25)19-35;1-2/h3-5,8-11,16-18,24,26,32,36H,1-2,6-7,12-15,20H2,(H,37,38);1-2H3. The predicted molar refractivity (Wildman–Crippen MR) is 165 cm³/mol. The summed E-state index contributed by atoms with van der Waals surface area (Å²) in [5.74, 6) is 0.830. The van der Waals surface area contributed by atoms with Crippen molar-refractivity contribution < 1.29 is 4.39 Å². The van der Waals surface area contributed by atoms with E-state index in [9.17, 15) is 9.65 Å². The first-order valence-corrected chi connectivity index (χ1v) is 15.4. The molecule has 41 heavy (non-hydrogen) atoms. The average molecular weight is 572 g/mol. The number of imidazole rings is 1. The van der Waals surface area contributed by atoms with Crippen LogP contribution >= 0.6 is 11.6 Å². The SMILES string of the molecule is CC.N#Cc1cccc(-c2ccc(C(NCc3nc4cc(Cl)c(F)cc4[nH]3)C3CCN(C4CCCC4)CC3)cc2)c1. The molecule has 1 atom stereocenters. The molecule has 0 radical (unpaired) electrons. The molecule has 1 saturated carbocycles. The second-order valence-electron chi connectivity index (χ2n) is 11.0. The molecule has 2 fully saturated rings. The minimum Gasteiger partial charge on any atom is -0.341 e. The molecule has 1 aliphatic carbocycles. The zero-order chi connectivity index (χ0) is 28.8. The molecule has 2 heterocycles. The van der Waals surface area contributed by atoms with Gasteiger partial charge in [-0.3, -0.25) is 0 Å². The lowest BCUT2D eigenvalue weighted by molar-refractivity contribution is 0.117. The molecule has 1 aromatic heterocycles. The fraction of sp³-hybridized carbons (Fsp3) is 0.412. The van der Waals surface area contributed by atoms with E-state index in [1.54, 1.807) is 6.07 Å². The van der Waals surface area contributed by atoms with E-state index in [1.807, 2.05) is 38.1 Å². The van der Waals surface area contributed by atoms with E-state index in [0.717, 1.165) is 48.9 Å². The molecular formula is C34H39ClFN5. The molecule has 0 bridgehead atoms. The first-order chi connectivity index (χ1) is 20.1. The van der Waals surface area contributed by atoms with Gasteiger partial charge in [0.2, 0.25) is 0 Å². The van der Waals surface area contributed by atoms with Crippen molar-refractivity contribution in [3.63, 3.8) is 0 Å². The minimum absolute atomic E-state index is 0.0841. The first kappa shape index (κ1) is 29.3. The van der Waals surface area contributed by atoms with Crippen LogP contribution in [0.1, 0.15) is 75.4 Å². The number of rotatable bonds is 7. The summed E-state index contributed by atoms with van der Waals surface area (Å²) in [6, 6.07) is 22.6. The van der Waals surface area contributed by atoms with Gasteiger partial charge in [0.25, 0.3) is 0 Å². The van der Waals surface area contributed by atoms with Crippen LogP contribution in [0.15, 0.2) is 60.7 Å². The quantitative estimate of drug-likeness (QED) is 0.234. The lowest BCUT2D eigenvalue weighted by Crippen LogP contribution is -2.43. The number of fused-ring (bicyclic) bond motifs is 1. The molecule has 2 N–H and O–H groups in total. The molecule has 1 unspecified atom stereocenters. The Morgan fingerprint density at radius 2 is 1.76 bits per heavy atom. The third-order valence-electron chi connectivity index (χ3n) is 8.54. The van der Waals surface area contributed by atoms with Gasteiger partial charge in [-0.05, 0) is 79.6 Å². The first-order valence-electron chi connectivity index (χ1n) is 15.0. The fourth-order valence-corrected chi connectivity index (χ4v) is 6.60. The third-order valence-corrected chi connectivity index (χ3v) is 8.83. The van der Waals surface area contributed by atoms with Crippen molar-refractivity contribution >= 4 is 22.6 Å². The molecule has 1 aliphatic heterocycles. The predicted octanol–water partition coefficient (Wildman–Crippen LogP) is 8.41. The normalized spacial score (nSPS) is 17.2. The van der Waals surface area contributed by atoms with E-state index in [0.29, 0.717) is 29.1 Å². The van der Waals surface area contributed by atoms with Crippen molar-refractivity contribution in [3.8, 4) is 17.2 Å². The zero-order valence-corrected chi connectivity index (χ0v) is 24.7. The van der Waals surface area contributed by atoms with Gasteiger partial charge >= 0.3 is 0 Å². The summed E-state index contributed by atoms with van der Waals surface area (Å²) in [5, 5.41) is 13.2. The third kappa shape index (κ3) is 6.81. The zero-order valence-electron chi connectivity index (χ0n) is 24.0. The fourth-order valence-electron chi connectivity index (χ4n) is 6.44. The lowest BCUT2D eigenvalue weighted by atomic mass is 9.84. The van der Waals surface area contributed by atoms with Crippen molar-refractivity contribution in [1.29, 1.82) is 5.26 Å². The van der Waals surface area contributed by atoms with Gasteiger partial charge < -0.3 is 15.2 Å². The number of hydrogen-bond donors (Lipinski definition) is 2. The van der Waals surface area contributed by atoms with E-state index in [2.05, 4.69) is 50.5 Å². The molecule has 3 aromatic carbocycles. The van der Waals surface area contributed by atoms with Crippen molar-refractivity contribution in [1.82, 2.24) is 20.2 Å². The number of halogens is 2. The molecule has 7 heteroatoms. The Morgan fingerprint density at radius 1 is 1.02 bits per heavy atom. The van der Waals surface area contributed by atoms with E-state index in [1.165, 1.54) is 37.3 Å². The maximum absolute atomic E-state index is 14.0. The second kappa shape index (κ2) is 13.6. The van der Waals surface area contributed by atoms with Crippen LogP contribution in [0, 0.1) is 23.1 Å². The van der Waals surface area contributed by atoms with Gasteiger partial charge in [0, 0.05) is 18.2 Å². The van der Waals surface area contributed by atoms with Gasteiger partial charge in [-0.25, -0.2) is 9.37 Å². The minimum atomic E-state index is -0.445. The Hall–Kier alpha value is -3.24. The highest BCUT2D eigenvalue weighted by atomic mass is 35.5. The van der Waals surface area contributed by atoms with Crippen LogP contribution in [0.4, 0.5) is 4.39 Å². The Morgan fingerprint density at radius 3 is 2.46 bits per heavy atom. The van der Waals surface area contributed by atoms with Crippen LogP contribution in [0.2, 0.25) is 5.02 Å². The number of aromatic nitrogens is 2. The molecule has 2 aliphatic rings. The summed E-state index contributed by atoms with van der Waals surface area (Å²) >= 11 is 5.97. The summed E-state index contributed by atoms with van der Waals surface area (Å²) in [6.45, 7) is 6.84. The van der Waals surface area contributed by atoms with Crippen molar-refractivity contribution in [2.45, 2.75) is 71.0 Å². The second-order valence-corrected chi connectivity index (χ2v) is 11.4. The monoisotopic (exact) mass is 571 g/mol. The maximum atomic E-state index is 14.0. The van der Waals surface area contributed by atoms with Crippen molar-refractivity contribution in [2.75, 3.05) is 13.1 Å². The highest BCUT2D eigenvalue weighted by Gasteiger charge is 2.31. The molecule has 0 spiro atoms. The van der Waals surface area contributed by atoms with E-state index in [4.69, 9.17) is 11.6 Å². The molecular weight excluding hydrogens is 533 g/mol. The van der Waals surface area contributed by atoms with E-state index in [-0.39, 0.29) is 11.1 Å². The molecule has 1 saturated heterocycles.